The third-order valence-electron chi connectivity index (χ3n) is 5.05. The summed E-state index contributed by atoms with van der Waals surface area (Å²) in [5, 5.41) is 2.50. The van der Waals surface area contributed by atoms with Crippen molar-refractivity contribution in [3.63, 3.8) is 0 Å². The maximum Gasteiger partial charge on any atom is 0.239 e. The summed E-state index contributed by atoms with van der Waals surface area (Å²) in [4.78, 5) is 17.0. The van der Waals surface area contributed by atoms with Gasteiger partial charge in [0.05, 0.1) is 6.04 Å². The quantitative estimate of drug-likeness (QED) is 0.919. The first kappa shape index (κ1) is 16.9. The van der Waals surface area contributed by atoms with E-state index in [9.17, 15) is 4.79 Å². The first-order valence-electron chi connectivity index (χ1n) is 8.89. The van der Waals surface area contributed by atoms with Gasteiger partial charge in [-0.25, -0.2) is 0 Å². The summed E-state index contributed by atoms with van der Waals surface area (Å²) >= 11 is 0. The number of rotatable bonds is 5. The topological polar surface area (TPSA) is 49.6 Å². The van der Waals surface area contributed by atoms with E-state index >= 15 is 0 Å². The highest BCUT2D eigenvalue weighted by Crippen LogP contribution is 2.25. The summed E-state index contributed by atoms with van der Waals surface area (Å²) in [5.41, 5.74) is 7.45. The number of nitrogens with two attached hydrogens (primary N) is 1. The fourth-order valence-electron chi connectivity index (χ4n) is 3.77. The molecule has 0 aromatic heterocycles. The van der Waals surface area contributed by atoms with Crippen LogP contribution in [0.4, 0.5) is 0 Å². The van der Waals surface area contributed by atoms with E-state index in [1.165, 1.54) is 16.3 Å². The van der Waals surface area contributed by atoms with Crippen molar-refractivity contribution in [3.05, 3.63) is 48.0 Å². The minimum absolute atomic E-state index is 0.0736. The molecule has 2 aromatic rings. The van der Waals surface area contributed by atoms with Crippen molar-refractivity contribution >= 4 is 16.7 Å². The van der Waals surface area contributed by atoms with Gasteiger partial charge in [0.15, 0.2) is 0 Å². The van der Waals surface area contributed by atoms with Gasteiger partial charge in [0.2, 0.25) is 5.91 Å². The Kier molecular flexibility index (Phi) is 5.17. The summed E-state index contributed by atoms with van der Waals surface area (Å²) < 4.78 is 0. The molecule has 0 spiro atoms. The molecule has 2 atom stereocenters. The van der Waals surface area contributed by atoms with Gasteiger partial charge in [-0.05, 0) is 36.6 Å². The molecule has 1 fully saturated rings. The molecule has 2 N–H and O–H groups in total. The maximum atomic E-state index is 12.8. The summed E-state index contributed by atoms with van der Waals surface area (Å²) in [6, 6.07) is 14.8. The lowest BCUT2D eigenvalue weighted by atomic mass is 10.0. The van der Waals surface area contributed by atoms with Gasteiger partial charge in [0.25, 0.3) is 0 Å². The maximum absolute atomic E-state index is 12.8. The van der Waals surface area contributed by atoms with E-state index in [0.29, 0.717) is 0 Å². The number of nitrogens with zero attached hydrogens (tertiary/aromatic N) is 2. The SMILES string of the molecule is CCN(CC)C(=O)[C@@H]1C[C@H](N)CN1Cc1cccc2ccccc12. The third-order valence-corrected chi connectivity index (χ3v) is 5.05. The van der Waals surface area contributed by atoms with Crippen LogP contribution >= 0.6 is 0 Å². The minimum atomic E-state index is -0.0983. The van der Waals surface area contributed by atoms with E-state index in [2.05, 4.69) is 47.4 Å². The molecule has 1 heterocycles. The zero-order chi connectivity index (χ0) is 17.1. The Labute approximate surface area is 144 Å². The van der Waals surface area contributed by atoms with Gasteiger partial charge in [-0.15, -0.1) is 0 Å². The Morgan fingerprint density at radius 3 is 2.62 bits per heavy atom. The highest BCUT2D eigenvalue weighted by molar-refractivity contribution is 5.86. The molecule has 1 saturated heterocycles. The molecule has 0 radical (unpaired) electrons. The molecule has 0 unspecified atom stereocenters. The van der Waals surface area contributed by atoms with Crippen LogP contribution in [0.1, 0.15) is 25.8 Å². The Hall–Kier alpha value is -1.91. The zero-order valence-electron chi connectivity index (χ0n) is 14.6. The molecule has 24 heavy (non-hydrogen) atoms. The lowest BCUT2D eigenvalue weighted by Gasteiger charge is -2.29. The van der Waals surface area contributed by atoms with Gasteiger partial charge in [0.1, 0.15) is 0 Å². The van der Waals surface area contributed by atoms with Gasteiger partial charge >= 0.3 is 0 Å². The van der Waals surface area contributed by atoms with Crippen molar-refractivity contribution in [3.8, 4) is 0 Å². The van der Waals surface area contributed by atoms with E-state index in [1.54, 1.807) is 0 Å². The van der Waals surface area contributed by atoms with Crippen molar-refractivity contribution in [2.75, 3.05) is 19.6 Å². The zero-order valence-corrected chi connectivity index (χ0v) is 14.6. The molecular formula is C20H27N3O. The van der Waals surface area contributed by atoms with Crippen LogP contribution in [0.25, 0.3) is 10.8 Å². The lowest BCUT2D eigenvalue weighted by molar-refractivity contribution is -0.135. The van der Waals surface area contributed by atoms with Gasteiger partial charge in [0, 0.05) is 32.2 Å². The summed E-state index contributed by atoms with van der Waals surface area (Å²) in [6.45, 7) is 7.12. The smallest absolute Gasteiger partial charge is 0.239 e. The highest BCUT2D eigenvalue weighted by atomic mass is 16.2. The summed E-state index contributed by atoms with van der Waals surface area (Å²) in [5.74, 6) is 0.216. The number of hydrogen-bond donors (Lipinski definition) is 1. The van der Waals surface area contributed by atoms with Crippen LogP contribution in [0.3, 0.4) is 0 Å². The molecule has 128 valence electrons. The number of likely N-dealkylation sites (tertiary alicyclic amines) is 1. The molecular weight excluding hydrogens is 298 g/mol. The molecule has 0 bridgehead atoms. The Morgan fingerprint density at radius 2 is 1.88 bits per heavy atom. The Balaban J connectivity index is 1.85. The van der Waals surface area contributed by atoms with Crippen molar-refractivity contribution in [1.29, 1.82) is 0 Å². The van der Waals surface area contributed by atoms with E-state index in [1.807, 2.05) is 18.7 Å². The molecule has 4 nitrogen and oxygen atoms in total. The average Bonchev–Trinajstić information content (AvgIpc) is 2.96. The lowest BCUT2D eigenvalue weighted by Crippen LogP contribution is -2.45. The van der Waals surface area contributed by atoms with Crippen molar-refractivity contribution in [1.82, 2.24) is 9.80 Å². The van der Waals surface area contributed by atoms with Gasteiger partial charge in [-0.3, -0.25) is 9.69 Å². The van der Waals surface area contributed by atoms with Crippen LogP contribution in [-0.2, 0) is 11.3 Å². The van der Waals surface area contributed by atoms with E-state index in [-0.39, 0.29) is 18.0 Å². The van der Waals surface area contributed by atoms with E-state index in [0.717, 1.165) is 32.6 Å². The number of benzene rings is 2. The van der Waals surface area contributed by atoms with Gasteiger partial charge in [-0.2, -0.15) is 0 Å². The standard InChI is InChI=1S/C20H27N3O/c1-3-22(4-2)20(24)19-12-17(21)14-23(19)13-16-10-7-9-15-8-5-6-11-18(15)16/h5-11,17,19H,3-4,12-14,21H2,1-2H3/t17-,19-/m0/s1. The minimum Gasteiger partial charge on any atom is -0.342 e. The molecule has 3 rings (SSSR count). The summed E-state index contributed by atoms with van der Waals surface area (Å²) in [7, 11) is 0. The number of hydrogen-bond acceptors (Lipinski definition) is 3. The van der Waals surface area contributed by atoms with Gasteiger partial charge < -0.3 is 10.6 Å². The second-order valence-electron chi connectivity index (χ2n) is 6.59. The number of fused-ring (bicyclic) bond motifs is 1. The molecule has 2 aromatic carbocycles. The molecule has 4 heteroatoms. The number of likely N-dealkylation sites (N-methyl/N-ethyl adjacent to an activating group) is 1. The van der Waals surface area contributed by atoms with Crippen LogP contribution in [0.5, 0.6) is 0 Å². The third kappa shape index (κ3) is 3.30. The van der Waals surface area contributed by atoms with Gasteiger partial charge in [-0.1, -0.05) is 42.5 Å². The highest BCUT2D eigenvalue weighted by Gasteiger charge is 2.36. The number of carbonyl (C=O) groups is 1. The normalized spacial score (nSPS) is 21.3. The summed E-state index contributed by atoms with van der Waals surface area (Å²) in [6.07, 6.45) is 0.750. The molecule has 1 aliphatic rings. The van der Waals surface area contributed by atoms with E-state index in [4.69, 9.17) is 5.73 Å². The fraction of sp³-hybridized carbons (Fsp3) is 0.450. The Morgan fingerprint density at radius 1 is 1.17 bits per heavy atom. The van der Waals surface area contributed by atoms with Crippen molar-refractivity contribution < 1.29 is 4.79 Å². The fourth-order valence-corrected chi connectivity index (χ4v) is 3.77. The largest absolute Gasteiger partial charge is 0.342 e. The first-order valence-corrected chi connectivity index (χ1v) is 8.89. The van der Waals surface area contributed by atoms with Crippen LogP contribution in [0, 0.1) is 0 Å². The van der Waals surface area contributed by atoms with Crippen LogP contribution < -0.4 is 5.73 Å². The predicted molar refractivity (Wildman–Crippen MR) is 98.7 cm³/mol. The first-order chi connectivity index (χ1) is 11.6. The predicted octanol–water partition coefficient (Wildman–Crippen LogP) is 2.61. The molecule has 1 aliphatic heterocycles. The van der Waals surface area contributed by atoms with Crippen LogP contribution in [-0.4, -0.2) is 47.4 Å². The van der Waals surface area contributed by atoms with Crippen molar-refractivity contribution in [2.24, 2.45) is 5.73 Å². The molecule has 1 amide bonds. The second kappa shape index (κ2) is 7.32. The van der Waals surface area contributed by atoms with Crippen molar-refractivity contribution in [2.45, 2.75) is 38.9 Å². The average molecular weight is 325 g/mol. The van der Waals surface area contributed by atoms with E-state index < -0.39 is 0 Å². The Bertz CT molecular complexity index is 706. The molecule has 0 aliphatic carbocycles. The monoisotopic (exact) mass is 325 g/mol. The number of carbonyl (C=O) groups excluding carboxylic acids is 1. The second-order valence-corrected chi connectivity index (χ2v) is 6.59. The molecule has 0 saturated carbocycles. The van der Waals surface area contributed by atoms with Crippen LogP contribution in [0.15, 0.2) is 42.5 Å². The number of amides is 1. The van der Waals surface area contributed by atoms with Crippen LogP contribution in [0.2, 0.25) is 0 Å².